The van der Waals surface area contributed by atoms with E-state index in [-0.39, 0.29) is 12.0 Å². The minimum Gasteiger partial charge on any atom is -0.266 e. The van der Waals surface area contributed by atoms with Crippen molar-refractivity contribution in [3.05, 3.63) is 18.0 Å². The van der Waals surface area contributed by atoms with Crippen LogP contribution >= 0.6 is 0 Å². The number of aromatic nitrogens is 2. The predicted octanol–water partition coefficient (Wildman–Crippen LogP) is 2.84. The molecule has 0 spiro atoms. The highest BCUT2D eigenvalue weighted by Gasteiger charge is 2.23. The van der Waals surface area contributed by atoms with E-state index < -0.39 is 5.92 Å². The lowest BCUT2D eigenvalue weighted by molar-refractivity contribution is 0.000552. The zero-order valence-electron chi connectivity index (χ0n) is 9.01. The maximum atomic E-state index is 12.7. The van der Waals surface area contributed by atoms with Crippen LogP contribution in [0.2, 0.25) is 0 Å². The van der Waals surface area contributed by atoms with Crippen LogP contribution in [0.5, 0.6) is 0 Å². The zero-order chi connectivity index (χ0) is 11.0. The number of rotatable bonds is 2. The molecule has 1 rings (SSSR count). The maximum Gasteiger partial charge on any atom is 0.264 e. The maximum absolute atomic E-state index is 12.7. The quantitative estimate of drug-likeness (QED) is 0.721. The number of hydrogen-bond acceptors (Lipinski definition) is 1. The second kappa shape index (κ2) is 3.33. The van der Waals surface area contributed by atoms with Gasteiger partial charge in [-0.1, -0.05) is 20.8 Å². The topological polar surface area (TPSA) is 17.8 Å². The highest BCUT2D eigenvalue weighted by molar-refractivity contribution is 5.15. The van der Waals surface area contributed by atoms with Crippen LogP contribution in [0, 0.1) is 0 Å². The second-order valence-electron chi connectivity index (χ2n) is 4.75. The average Bonchev–Trinajstić information content (AvgIpc) is 2.29. The van der Waals surface area contributed by atoms with Crippen LogP contribution in [0.25, 0.3) is 0 Å². The largest absolute Gasteiger partial charge is 0.266 e. The molecule has 0 fully saturated rings. The van der Waals surface area contributed by atoms with E-state index in [1.807, 2.05) is 20.8 Å². The smallest absolute Gasteiger partial charge is 0.264 e. The Bertz CT molecular complexity index is 305. The average molecular weight is 202 g/mol. The summed E-state index contributed by atoms with van der Waals surface area (Å²) in [4.78, 5) is 0. The first-order valence-corrected chi connectivity index (χ1v) is 4.59. The second-order valence-corrected chi connectivity index (χ2v) is 4.75. The molecule has 14 heavy (non-hydrogen) atoms. The third-order valence-electron chi connectivity index (χ3n) is 1.94. The first-order valence-electron chi connectivity index (χ1n) is 4.59. The number of halogens is 2. The molecular weight excluding hydrogens is 186 g/mol. The summed E-state index contributed by atoms with van der Waals surface area (Å²) in [6.07, 6.45) is 3.32. The summed E-state index contributed by atoms with van der Waals surface area (Å²) in [6.45, 7) is 6.61. The van der Waals surface area contributed by atoms with E-state index in [1.165, 1.54) is 4.68 Å². The van der Waals surface area contributed by atoms with Crippen LogP contribution in [0.1, 0.15) is 33.3 Å². The van der Waals surface area contributed by atoms with Gasteiger partial charge in [0.15, 0.2) is 0 Å². The Hall–Kier alpha value is -0.930. The molecule has 0 amide bonds. The lowest BCUT2D eigenvalue weighted by Gasteiger charge is -2.15. The molecule has 0 aromatic carbocycles. The summed E-state index contributed by atoms with van der Waals surface area (Å²) in [5.74, 6) is -2.71. The predicted molar refractivity (Wildman–Crippen MR) is 51.5 cm³/mol. The highest BCUT2D eigenvalue weighted by Crippen LogP contribution is 2.22. The van der Waals surface area contributed by atoms with Gasteiger partial charge >= 0.3 is 0 Å². The molecule has 0 N–H and O–H groups in total. The molecule has 80 valence electrons. The minimum absolute atomic E-state index is 0.0404. The standard InChI is InChI=1S/C10H16F2N2/c1-9(2,3)8-5-13-14(6-8)7-10(4,11)12/h5-6H,7H2,1-4H3. The van der Waals surface area contributed by atoms with E-state index in [0.717, 1.165) is 12.5 Å². The minimum atomic E-state index is -2.71. The summed E-state index contributed by atoms with van der Waals surface area (Å²) in [6, 6.07) is 0. The van der Waals surface area contributed by atoms with Gasteiger partial charge in [-0.15, -0.1) is 0 Å². The van der Waals surface area contributed by atoms with Crippen molar-refractivity contribution in [1.29, 1.82) is 0 Å². The lowest BCUT2D eigenvalue weighted by Crippen LogP contribution is -2.19. The Kier molecular flexibility index (Phi) is 2.65. The summed E-state index contributed by atoms with van der Waals surface area (Å²) < 4.78 is 26.6. The molecule has 1 aromatic heterocycles. The molecule has 2 nitrogen and oxygen atoms in total. The third-order valence-corrected chi connectivity index (χ3v) is 1.94. The Morgan fingerprint density at radius 2 is 1.86 bits per heavy atom. The van der Waals surface area contributed by atoms with Gasteiger partial charge in [0, 0.05) is 13.1 Å². The van der Waals surface area contributed by atoms with Crippen LogP contribution in [0.4, 0.5) is 8.78 Å². The number of nitrogens with zero attached hydrogens (tertiary/aromatic N) is 2. The Balaban J connectivity index is 2.79. The number of alkyl halides is 2. The summed E-state index contributed by atoms with van der Waals surface area (Å²) in [5.41, 5.74) is 0.933. The fourth-order valence-electron chi connectivity index (χ4n) is 1.12. The summed E-state index contributed by atoms with van der Waals surface area (Å²) in [5, 5.41) is 3.90. The molecule has 1 heterocycles. The van der Waals surface area contributed by atoms with Crippen LogP contribution in [0.3, 0.4) is 0 Å². The molecule has 0 aliphatic carbocycles. The van der Waals surface area contributed by atoms with E-state index in [1.54, 1.807) is 12.4 Å². The van der Waals surface area contributed by atoms with E-state index in [4.69, 9.17) is 0 Å². The normalized spacial score (nSPS) is 13.3. The zero-order valence-corrected chi connectivity index (χ0v) is 9.01. The van der Waals surface area contributed by atoms with Gasteiger partial charge in [0.05, 0.1) is 6.20 Å². The van der Waals surface area contributed by atoms with Crippen molar-refractivity contribution in [2.75, 3.05) is 0 Å². The molecule has 0 atom stereocenters. The van der Waals surface area contributed by atoms with Crippen molar-refractivity contribution in [2.45, 2.75) is 45.6 Å². The molecule has 0 aliphatic rings. The van der Waals surface area contributed by atoms with E-state index in [0.29, 0.717) is 0 Å². The fourth-order valence-corrected chi connectivity index (χ4v) is 1.12. The van der Waals surface area contributed by atoms with Gasteiger partial charge in [-0.2, -0.15) is 5.10 Å². The Labute approximate surface area is 82.9 Å². The van der Waals surface area contributed by atoms with Gasteiger partial charge in [-0.05, 0) is 11.0 Å². The molecule has 1 aromatic rings. The molecular formula is C10H16F2N2. The van der Waals surface area contributed by atoms with E-state index in [2.05, 4.69) is 5.10 Å². The van der Waals surface area contributed by atoms with Gasteiger partial charge in [0.25, 0.3) is 5.92 Å². The van der Waals surface area contributed by atoms with Crippen molar-refractivity contribution in [1.82, 2.24) is 9.78 Å². The van der Waals surface area contributed by atoms with Crippen molar-refractivity contribution < 1.29 is 8.78 Å². The molecule has 0 saturated carbocycles. The van der Waals surface area contributed by atoms with E-state index in [9.17, 15) is 8.78 Å². The lowest BCUT2D eigenvalue weighted by atomic mass is 9.90. The summed E-state index contributed by atoms with van der Waals surface area (Å²) >= 11 is 0. The summed E-state index contributed by atoms with van der Waals surface area (Å²) in [7, 11) is 0. The first kappa shape index (κ1) is 11.1. The van der Waals surface area contributed by atoms with Crippen LogP contribution in [-0.2, 0) is 12.0 Å². The van der Waals surface area contributed by atoms with Crippen LogP contribution in [0.15, 0.2) is 12.4 Å². The van der Waals surface area contributed by atoms with E-state index >= 15 is 0 Å². The van der Waals surface area contributed by atoms with Gasteiger partial charge in [0.2, 0.25) is 0 Å². The third kappa shape index (κ3) is 3.09. The van der Waals surface area contributed by atoms with Crippen molar-refractivity contribution in [2.24, 2.45) is 0 Å². The van der Waals surface area contributed by atoms with Gasteiger partial charge in [-0.3, -0.25) is 4.68 Å². The van der Waals surface area contributed by atoms with Crippen molar-refractivity contribution in [3.63, 3.8) is 0 Å². The number of hydrogen-bond donors (Lipinski definition) is 0. The van der Waals surface area contributed by atoms with Crippen LogP contribution in [-0.4, -0.2) is 15.7 Å². The van der Waals surface area contributed by atoms with Crippen LogP contribution < -0.4 is 0 Å². The molecule has 0 aliphatic heterocycles. The van der Waals surface area contributed by atoms with Gasteiger partial charge in [0.1, 0.15) is 6.54 Å². The van der Waals surface area contributed by atoms with Gasteiger partial charge < -0.3 is 0 Å². The van der Waals surface area contributed by atoms with Crippen molar-refractivity contribution in [3.8, 4) is 0 Å². The monoisotopic (exact) mass is 202 g/mol. The molecule has 0 saturated heterocycles. The SMILES string of the molecule is CC(F)(F)Cn1cc(C(C)(C)C)cn1. The Morgan fingerprint density at radius 3 is 2.21 bits per heavy atom. The molecule has 0 radical (unpaired) electrons. The molecule has 0 bridgehead atoms. The Morgan fingerprint density at radius 1 is 1.29 bits per heavy atom. The van der Waals surface area contributed by atoms with Crippen molar-refractivity contribution >= 4 is 0 Å². The molecule has 0 unspecified atom stereocenters. The fraction of sp³-hybridized carbons (Fsp3) is 0.700. The highest BCUT2D eigenvalue weighted by atomic mass is 19.3. The van der Waals surface area contributed by atoms with Gasteiger partial charge in [-0.25, -0.2) is 8.78 Å². The first-order chi connectivity index (χ1) is 6.18. The molecule has 4 heteroatoms.